The lowest BCUT2D eigenvalue weighted by molar-refractivity contribution is -0.111. The minimum Gasteiger partial charge on any atom is -0.404 e. The summed E-state index contributed by atoms with van der Waals surface area (Å²) < 4.78 is 0. The number of nitrogens with zero attached hydrogens (tertiary/aromatic N) is 1. The summed E-state index contributed by atoms with van der Waals surface area (Å²) in [5, 5.41) is 3.81. The first-order valence-electron chi connectivity index (χ1n) is 7.30. The van der Waals surface area contributed by atoms with Gasteiger partial charge in [0.15, 0.2) is 0 Å². The molecule has 0 aliphatic rings. The number of hydrogen-bond acceptors (Lipinski definition) is 6. The van der Waals surface area contributed by atoms with E-state index in [1.165, 1.54) is 17.5 Å². The van der Waals surface area contributed by atoms with Gasteiger partial charge in [0.1, 0.15) is 5.01 Å². The Morgan fingerprint density at radius 3 is 2.56 bits per heavy atom. The van der Waals surface area contributed by atoms with E-state index in [9.17, 15) is 9.59 Å². The maximum atomic E-state index is 12.6. The number of allylic oxidation sites excluding steroid dienone is 3. The molecule has 25 heavy (non-hydrogen) atoms. The van der Waals surface area contributed by atoms with Gasteiger partial charge in [0, 0.05) is 12.4 Å². The Bertz CT molecular complexity index is 890. The average Bonchev–Trinajstić information content (AvgIpc) is 3.18. The summed E-state index contributed by atoms with van der Waals surface area (Å²) in [6, 6.07) is 1.64. The lowest BCUT2D eigenvalue weighted by Gasteiger charge is -2.05. The van der Waals surface area contributed by atoms with Crippen molar-refractivity contribution >= 4 is 50.6 Å². The summed E-state index contributed by atoms with van der Waals surface area (Å²) in [5.74, 6) is -0.930. The number of aryl methyl sites for hydroxylation is 1. The number of aromatic nitrogens is 1. The largest absolute Gasteiger partial charge is 0.404 e. The summed E-state index contributed by atoms with van der Waals surface area (Å²) in [7, 11) is 0. The lowest BCUT2D eigenvalue weighted by Crippen LogP contribution is -2.14. The van der Waals surface area contributed by atoms with Crippen molar-refractivity contribution in [2.45, 2.75) is 13.8 Å². The van der Waals surface area contributed by atoms with Gasteiger partial charge in [-0.3, -0.25) is 9.59 Å². The number of carbonyl (C=O) groups excluding carboxylic acids is 2. The smallest absolute Gasteiger partial charge is 0.260 e. The fraction of sp³-hybridized carbons (Fsp3) is 0.118. The highest BCUT2D eigenvalue weighted by Gasteiger charge is 2.19. The van der Waals surface area contributed by atoms with Gasteiger partial charge in [0.05, 0.1) is 20.3 Å². The van der Waals surface area contributed by atoms with Gasteiger partial charge in [-0.1, -0.05) is 18.7 Å². The normalized spacial score (nSPS) is 12.1. The van der Waals surface area contributed by atoms with Crippen LogP contribution in [-0.2, 0) is 4.79 Å². The number of rotatable bonds is 6. The third-order valence-electron chi connectivity index (χ3n) is 3.35. The maximum Gasteiger partial charge on any atom is 0.260 e. The van der Waals surface area contributed by atoms with Crippen LogP contribution in [0.5, 0.6) is 0 Å². The number of carbonyl (C=O) groups is 2. The topological polar surface area (TPSA) is 111 Å². The van der Waals surface area contributed by atoms with Gasteiger partial charge in [-0.25, -0.2) is 4.98 Å². The van der Waals surface area contributed by atoms with Gasteiger partial charge in [-0.2, -0.15) is 0 Å². The Labute approximate surface area is 153 Å². The Hall–Kier alpha value is -2.71. The Morgan fingerprint density at radius 1 is 1.32 bits per heavy atom. The molecule has 2 rings (SSSR count). The highest BCUT2D eigenvalue weighted by atomic mass is 32.1. The standard InChI is InChI=1S/C17H18N4O2S2/c1-4-10(5-2)13-8-20-17(25-13)11(7-18)15(23)21-16-9(3)6-12(24-16)14(19)22/h4-8H,1,18H2,2-3H3,(H2,19,22)(H,21,23)/b10-5+,11-7?. The molecule has 2 amide bonds. The lowest BCUT2D eigenvalue weighted by atomic mass is 10.2. The molecule has 8 heteroatoms. The molecule has 0 atom stereocenters. The van der Waals surface area contributed by atoms with Crippen LogP contribution in [0.3, 0.4) is 0 Å². The molecule has 5 N–H and O–H groups in total. The monoisotopic (exact) mass is 374 g/mol. The molecule has 0 saturated carbocycles. The van der Waals surface area contributed by atoms with E-state index in [4.69, 9.17) is 11.5 Å². The minimum absolute atomic E-state index is 0.254. The van der Waals surface area contributed by atoms with Crippen LogP contribution in [0.1, 0.15) is 32.0 Å². The molecule has 0 aliphatic carbocycles. The van der Waals surface area contributed by atoms with Crippen molar-refractivity contribution in [2.75, 3.05) is 5.32 Å². The van der Waals surface area contributed by atoms with Crippen molar-refractivity contribution in [3.8, 4) is 0 Å². The third kappa shape index (κ3) is 4.04. The molecule has 0 bridgehead atoms. The van der Waals surface area contributed by atoms with Gasteiger partial charge in [-0.15, -0.1) is 22.7 Å². The van der Waals surface area contributed by atoms with Crippen LogP contribution in [0.25, 0.3) is 11.1 Å². The zero-order valence-corrected chi connectivity index (χ0v) is 15.5. The number of nitrogens with two attached hydrogens (primary N) is 2. The van der Waals surface area contributed by atoms with E-state index >= 15 is 0 Å². The quantitative estimate of drug-likeness (QED) is 0.533. The number of anilines is 1. The van der Waals surface area contributed by atoms with Crippen LogP contribution in [0.2, 0.25) is 0 Å². The number of primary amides is 1. The second kappa shape index (κ2) is 7.91. The number of thiophene rings is 1. The van der Waals surface area contributed by atoms with Gasteiger partial charge in [0.25, 0.3) is 11.8 Å². The summed E-state index contributed by atoms with van der Waals surface area (Å²) >= 11 is 2.47. The highest BCUT2D eigenvalue weighted by Crippen LogP contribution is 2.30. The fourth-order valence-corrected chi connectivity index (χ4v) is 3.96. The first-order chi connectivity index (χ1) is 11.9. The molecule has 2 aromatic rings. The van der Waals surface area contributed by atoms with Gasteiger partial charge in [0.2, 0.25) is 0 Å². The van der Waals surface area contributed by atoms with E-state index in [0.29, 0.717) is 14.9 Å². The summed E-state index contributed by atoms with van der Waals surface area (Å²) in [6.45, 7) is 7.44. The molecule has 0 aliphatic heterocycles. The summed E-state index contributed by atoms with van der Waals surface area (Å²) in [5.41, 5.74) is 12.8. The Kier molecular flexibility index (Phi) is 5.89. The molecule has 6 nitrogen and oxygen atoms in total. The molecule has 0 fully saturated rings. The number of amides is 2. The van der Waals surface area contributed by atoms with Gasteiger partial charge < -0.3 is 16.8 Å². The second-order valence-corrected chi connectivity index (χ2v) is 7.08. The molecule has 2 heterocycles. The van der Waals surface area contributed by atoms with Crippen LogP contribution in [-0.4, -0.2) is 16.8 Å². The number of nitrogens with one attached hydrogen (secondary N) is 1. The molecular formula is C17H18N4O2S2. The van der Waals surface area contributed by atoms with Gasteiger partial charge >= 0.3 is 0 Å². The first-order valence-corrected chi connectivity index (χ1v) is 8.93. The van der Waals surface area contributed by atoms with Crippen LogP contribution in [0, 0.1) is 6.92 Å². The number of thiazole rings is 1. The van der Waals surface area contributed by atoms with Crippen LogP contribution in [0.15, 0.2) is 37.2 Å². The van der Waals surface area contributed by atoms with E-state index in [2.05, 4.69) is 16.9 Å². The zero-order chi connectivity index (χ0) is 18.6. The minimum atomic E-state index is -0.531. The Balaban J connectivity index is 2.25. The van der Waals surface area contributed by atoms with Crippen molar-refractivity contribution in [3.05, 3.63) is 57.5 Å². The van der Waals surface area contributed by atoms with Crippen molar-refractivity contribution < 1.29 is 9.59 Å². The van der Waals surface area contributed by atoms with E-state index in [-0.39, 0.29) is 5.57 Å². The van der Waals surface area contributed by atoms with Crippen molar-refractivity contribution in [1.82, 2.24) is 4.98 Å². The fourth-order valence-electron chi connectivity index (χ4n) is 2.03. The maximum absolute atomic E-state index is 12.6. The van der Waals surface area contributed by atoms with E-state index in [1.807, 2.05) is 13.0 Å². The van der Waals surface area contributed by atoms with Crippen LogP contribution in [0.4, 0.5) is 5.00 Å². The second-order valence-electron chi connectivity index (χ2n) is 5.00. The Morgan fingerprint density at radius 2 is 2.04 bits per heavy atom. The first kappa shape index (κ1) is 18.6. The SMILES string of the molecule is C=C/C(=C\C)c1cnc(C(=CN)C(=O)Nc2sc(C(N)=O)cc2C)s1. The predicted octanol–water partition coefficient (Wildman–Crippen LogP) is 3.14. The van der Waals surface area contributed by atoms with Crippen molar-refractivity contribution in [3.63, 3.8) is 0 Å². The molecule has 0 spiro atoms. The molecule has 2 aromatic heterocycles. The summed E-state index contributed by atoms with van der Waals surface area (Å²) in [4.78, 5) is 29.4. The van der Waals surface area contributed by atoms with E-state index < -0.39 is 11.8 Å². The van der Waals surface area contributed by atoms with Gasteiger partial charge in [-0.05, 0) is 31.1 Å². The number of hydrogen-bond donors (Lipinski definition) is 3. The van der Waals surface area contributed by atoms with Crippen molar-refractivity contribution in [2.24, 2.45) is 11.5 Å². The van der Waals surface area contributed by atoms with Crippen molar-refractivity contribution in [1.29, 1.82) is 0 Å². The van der Waals surface area contributed by atoms with E-state index in [0.717, 1.165) is 27.4 Å². The summed E-state index contributed by atoms with van der Waals surface area (Å²) in [6.07, 6.45) is 6.54. The highest BCUT2D eigenvalue weighted by molar-refractivity contribution is 7.18. The molecule has 0 unspecified atom stereocenters. The van der Waals surface area contributed by atoms with Crippen LogP contribution >= 0.6 is 22.7 Å². The predicted molar refractivity (Wildman–Crippen MR) is 104 cm³/mol. The molecule has 0 radical (unpaired) electrons. The molecule has 0 saturated heterocycles. The van der Waals surface area contributed by atoms with Crippen LogP contribution < -0.4 is 16.8 Å². The third-order valence-corrected chi connectivity index (χ3v) is 5.60. The van der Waals surface area contributed by atoms with E-state index in [1.54, 1.807) is 25.3 Å². The average molecular weight is 374 g/mol. The molecule has 0 aromatic carbocycles. The molecular weight excluding hydrogens is 356 g/mol. The molecule has 130 valence electrons. The zero-order valence-electron chi connectivity index (χ0n) is 13.8.